The number of aryl methyl sites for hydroxylation is 1. The van der Waals surface area contributed by atoms with Crippen LogP contribution in [-0.2, 0) is 0 Å². The number of hydrogen-bond donors (Lipinski definition) is 2. The average molecular weight is 373 g/mol. The summed E-state index contributed by atoms with van der Waals surface area (Å²) in [4.78, 5) is 12.7. The third-order valence-electron chi connectivity index (χ3n) is 4.54. The number of rotatable bonds is 5. The van der Waals surface area contributed by atoms with Gasteiger partial charge in [-0.05, 0) is 34.5 Å². The highest BCUT2D eigenvalue weighted by Crippen LogP contribution is 2.23. The summed E-state index contributed by atoms with van der Waals surface area (Å²) in [6.07, 6.45) is -0.814. The van der Waals surface area contributed by atoms with E-state index in [0.717, 1.165) is 16.3 Å². The summed E-state index contributed by atoms with van der Waals surface area (Å²) >= 11 is 0. The molecule has 0 aliphatic rings. The van der Waals surface area contributed by atoms with Gasteiger partial charge in [0.25, 0.3) is 5.91 Å². The molecule has 0 radical (unpaired) electrons. The normalized spacial score (nSPS) is 12.1. The van der Waals surface area contributed by atoms with E-state index in [2.05, 4.69) is 15.5 Å². The maximum Gasteiger partial charge on any atom is 0.252 e. The first-order valence-corrected chi connectivity index (χ1v) is 8.96. The number of carbonyl (C=O) groups excluding carboxylic acids is 1. The van der Waals surface area contributed by atoms with E-state index in [4.69, 9.17) is 4.42 Å². The van der Waals surface area contributed by atoms with Crippen molar-refractivity contribution in [2.75, 3.05) is 6.54 Å². The Kier molecular flexibility index (Phi) is 4.87. The minimum absolute atomic E-state index is 0.0916. The molecule has 140 valence electrons. The van der Waals surface area contributed by atoms with Crippen LogP contribution in [0, 0.1) is 6.92 Å². The Labute approximate surface area is 161 Å². The summed E-state index contributed by atoms with van der Waals surface area (Å²) in [6, 6.07) is 20.7. The number of nitrogens with zero attached hydrogens (tertiary/aromatic N) is 2. The standard InChI is InChI=1S/C22H19N3O3/c1-14-24-25-22(28-14)19-9-5-4-8-18(19)21(27)23-13-20(26)17-11-10-15-6-2-3-7-16(15)12-17/h2-12,20,26H,13H2,1H3,(H,23,27)/t20-/m0/s1. The van der Waals surface area contributed by atoms with Crippen molar-refractivity contribution in [1.29, 1.82) is 0 Å². The lowest BCUT2D eigenvalue weighted by Crippen LogP contribution is -2.28. The third-order valence-corrected chi connectivity index (χ3v) is 4.54. The summed E-state index contributed by atoms with van der Waals surface area (Å²) in [6.45, 7) is 1.79. The maximum atomic E-state index is 12.7. The summed E-state index contributed by atoms with van der Waals surface area (Å²) in [5.41, 5.74) is 1.72. The lowest BCUT2D eigenvalue weighted by Gasteiger charge is -2.14. The molecule has 1 aromatic heterocycles. The van der Waals surface area contributed by atoms with Gasteiger partial charge >= 0.3 is 0 Å². The molecular formula is C22H19N3O3. The minimum Gasteiger partial charge on any atom is -0.421 e. The Hall–Kier alpha value is -3.51. The van der Waals surface area contributed by atoms with Gasteiger partial charge in [0.1, 0.15) is 0 Å². The van der Waals surface area contributed by atoms with Gasteiger partial charge in [0.15, 0.2) is 0 Å². The zero-order valence-electron chi connectivity index (χ0n) is 15.3. The van der Waals surface area contributed by atoms with Crippen molar-refractivity contribution < 1.29 is 14.3 Å². The number of nitrogens with one attached hydrogen (secondary N) is 1. The lowest BCUT2D eigenvalue weighted by atomic mass is 10.0. The molecule has 0 saturated heterocycles. The van der Waals surface area contributed by atoms with Crippen LogP contribution in [-0.4, -0.2) is 27.8 Å². The maximum absolute atomic E-state index is 12.7. The van der Waals surface area contributed by atoms with Crippen molar-refractivity contribution in [1.82, 2.24) is 15.5 Å². The molecule has 1 amide bonds. The van der Waals surface area contributed by atoms with Crippen LogP contribution >= 0.6 is 0 Å². The van der Waals surface area contributed by atoms with Crippen LogP contribution in [0.2, 0.25) is 0 Å². The van der Waals surface area contributed by atoms with E-state index in [-0.39, 0.29) is 12.5 Å². The Bertz CT molecular complexity index is 1140. The molecule has 4 rings (SSSR count). The first-order valence-electron chi connectivity index (χ1n) is 8.96. The Morgan fingerprint density at radius 3 is 2.57 bits per heavy atom. The molecule has 1 atom stereocenters. The van der Waals surface area contributed by atoms with Crippen molar-refractivity contribution in [2.24, 2.45) is 0 Å². The van der Waals surface area contributed by atoms with Crippen LogP contribution in [0.25, 0.3) is 22.2 Å². The molecule has 1 heterocycles. The van der Waals surface area contributed by atoms with Crippen LogP contribution < -0.4 is 5.32 Å². The molecule has 28 heavy (non-hydrogen) atoms. The number of benzene rings is 3. The second-order valence-electron chi connectivity index (χ2n) is 6.50. The van der Waals surface area contributed by atoms with Crippen molar-refractivity contribution in [3.05, 3.63) is 83.7 Å². The number of fused-ring (bicyclic) bond motifs is 1. The zero-order valence-corrected chi connectivity index (χ0v) is 15.3. The quantitative estimate of drug-likeness (QED) is 0.557. The van der Waals surface area contributed by atoms with E-state index in [9.17, 15) is 9.90 Å². The highest BCUT2D eigenvalue weighted by Gasteiger charge is 2.17. The lowest BCUT2D eigenvalue weighted by molar-refractivity contribution is 0.0917. The molecule has 3 aromatic carbocycles. The highest BCUT2D eigenvalue weighted by atomic mass is 16.4. The molecule has 0 unspecified atom stereocenters. The Morgan fingerprint density at radius 1 is 1.04 bits per heavy atom. The third kappa shape index (κ3) is 3.63. The number of aliphatic hydroxyl groups excluding tert-OH is 1. The fraction of sp³-hybridized carbons (Fsp3) is 0.136. The van der Waals surface area contributed by atoms with Crippen LogP contribution in [0.3, 0.4) is 0 Å². The topological polar surface area (TPSA) is 88.2 Å². The van der Waals surface area contributed by atoms with E-state index in [1.54, 1.807) is 31.2 Å². The van der Waals surface area contributed by atoms with Gasteiger partial charge in [-0.1, -0.05) is 48.5 Å². The van der Waals surface area contributed by atoms with Crippen molar-refractivity contribution in [3.8, 4) is 11.5 Å². The van der Waals surface area contributed by atoms with Crippen molar-refractivity contribution >= 4 is 16.7 Å². The summed E-state index contributed by atoms with van der Waals surface area (Å²) < 4.78 is 5.44. The first kappa shape index (κ1) is 17.9. The molecule has 6 heteroatoms. The van der Waals surface area contributed by atoms with Crippen molar-refractivity contribution in [2.45, 2.75) is 13.0 Å². The minimum atomic E-state index is -0.814. The number of aromatic nitrogens is 2. The summed E-state index contributed by atoms with van der Waals surface area (Å²) in [5.74, 6) is 0.404. The zero-order chi connectivity index (χ0) is 19.5. The number of hydrogen-bond acceptors (Lipinski definition) is 5. The molecule has 2 N–H and O–H groups in total. The average Bonchev–Trinajstić information content (AvgIpc) is 3.17. The van der Waals surface area contributed by atoms with Crippen molar-refractivity contribution in [3.63, 3.8) is 0 Å². The summed E-state index contributed by atoms with van der Waals surface area (Å²) in [5, 5.41) is 23.2. The Balaban J connectivity index is 1.50. The number of carbonyl (C=O) groups is 1. The van der Waals surface area contributed by atoms with E-state index >= 15 is 0 Å². The van der Waals surface area contributed by atoms with Gasteiger partial charge in [-0.2, -0.15) is 0 Å². The van der Waals surface area contributed by atoms with E-state index in [0.29, 0.717) is 22.9 Å². The van der Waals surface area contributed by atoms with Gasteiger partial charge in [0, 0.05) is 13.5 Å². The van der Waals surface area contributed by atoms with Crippen LogP contribution in [0.15, 0.2) is 71.1 Å². The molecule has 0 saturated carbocycles. The molecule has 0 spiro atoms. The van der Waals surface area contributed by atoms with E-state index in [1.165, 1.54) is 0 Å². The first-order chi connectivity index (χ1) is 13.6. The highest BCUT2D eigenvalue weighted by molar-refractivity contribution is 6.00. The largest absolute Gasteiger partial charge is 0.421 e. The van der Waals surface area contributed by atoms with Gasteiger partial charge in [-0.15, -0.1) is 10.2 Å². The van der Waals surface area contributed by atoms with Crippen LogP contribution in [0.5, 0.6) is 0 Å². The number of amides is 1. The second kappa shape index (κ2) is 7.62. The predicted octanol–water partition coefficient (Wildman–Crippen LogP) is 3.66. The SMILES string of the molecule is Cc1nnc(-c2ccccc2C(=O)NC[C@H](O)c2ccc3ccccc3c2)o1. The van der Waals surface area contributed by atoms with Crippen LogP contribution in [0.4, 0.5) is 0 Å². The Morgan fingerprint density at radius 2 is 1.79 bits per heavy atom. The molecular weight excluding hydrogens is 354 g/mol. The van der Waals surface area contributed by atoms with Gasteiger partial charge in [-0.25, -0.2) is 0 Å². The van der Waals surface area contributed by atoms with Gasteiger partial charge in [0.05, 0.1) is 17.2 Å². The fourth-order valence-corrected chi connectivity index (χ4v) is 3.09. The molecule has 0 fully saturated rings. The molecule has 4 aromatic rings. The van der Waals surface area contributed by atoms with Crippen LogP contribution in [0.1, 0.15) is 27.9 Å². The summed E-state index contributed by atoms with van der Waals surface area (Å²) in [7, 11) is 0. The molecule has 0 aliphatic heterocycles. The van der Waals surface area contributed by atoms with E-state index < -0.39 is 6.10 Å². The predicted molar refractivity (Wildman–Crippen MR) is 106 cm³/mol. The molecule has 0 bridgehead atoms. The smallest absolute Gasteiger partial charge is 0.252 e. The fourth-order valence-electron chi connectivity index (χ4n) is 3.09. The second-order valence-corrected chi connectivity index (χ2v) is 6.50. The number of aliphatic hydroxyl groups is 1. The van der Waals surface area contributed by atoms with Gasteiger partial charge in [-0.3, -0.25) is 4.79 Å². The molecule has 0 aliphatic carbocycles. The van der Waals surface area contributed by atoms with E-state index in [1.807, 2.05) is 42.5 Å². The molecule has 6 nitrogen and oxygen atoms in total. The van der Waals surface area contributed by atoms with Gasteiger partial charge < -0.3 is 14.8 Å². The monoisotopic (exact) mass is 373 g/mol. The van der Waals surface area contributed by atoms with Gasteiger partial charge in [0.2, 0.25) is 11.8 Å².